The highest BCUT2D eigenvalue weighted by atomic mass is 35.5. The number of carbonyl (C=O) groups is 1. The molecule has 1 aromatic heterocycles. The Balaban J connectivity index is 1.07. The van der Waals surface area contributed by atoms with Gasteiger partial charge in [-0.2, -0.15) is 5.26 Å². The molecule has 43 heavy (non-hydrogen) atoms. The van der Waals surface area contributed by atoms with Crippen molar-refractivity contribution >= 4 is 28.6 Å². The summed E-state index contributed by atoms with van der Waals surface area (Å²) < 4.78 is 13.8. The molecule has 8 nitrogen and oxygen atoms in total. The van der Waals surface area contributed by atoms with E-state index in [4.69, 9.17) is 26.1 Å². The van der Waals surface area contributed by atoms with E-state index >= 15 is 0 Å². The standard InChI is InChI=1S/C34H35ClN4O4/c35-29-5-7-32(28(16-29)18-36)43-22-25-3-1-2-24(15-25)14-23-8-11-38(12-9-23)20-33-37-30-6-4-27(34(40)41)17-31(30)39(33)19-26-10-13-42-21-26/h1-7,15-17,23,26H,8-14,19-22H2,(H,40,41)/t26-/m1/s1. The molecule has 0 radical (unpaired) electrons. The number of imidazole rings is 1. The molecule has 0 bridgehead atoms. The van der Waals surface area contributed by atoms with E-state index in [1.165, 1.54) is 5.56 Å². The predicted molar refractivity (Wildman–Crippen MR) is 164 cm³/mol. The molecule has 1 atom stereocenters. The van der Waals surface area contributed by atoms with E-state index < -0.39 is 5.97 Å². The fraction of sp³-hybridized carbons (Fsp3) is 0.382. The first kappa shape index (κ1) is 29.2. The van der Waals surface area contributed by atoms with Crippen molar-refractivity contribution in [3.63, 3.8) is 0 Å². The lowest BCUT2D eigenvalue weighted by Crippen LogP contribution is -2.35. The van der Waals surface area contributed by atoms with Crippen LogP contribution < -0.4 is 4.74 Å². The number of aromatic nitrogens is 2. The number of aromatic carboxylic acids is 1. The van der Waals surface area contributed by atoms with Gasteiger partial charge in [0, 0.05) is 24.1 Å². The smallest absolute Gasteiger partial charge is 0.335 e. The van der Waals surface area contributed by atoms with Crippen molar-refractivity contribution in [2.45, 2.75) is 45.4 Å². The first-order chi connectivity index (χ1) is 20.9. The highest BCUT2D eigenvalue weighted by Gasteiger charge is 2.24. The van der Waals surface area contributed by atoms with Gasteiger partial charge in [0.05, 0.1) is 35.3 Å². The quantitative estimate of drug-likeness (QED) is 0.228. The molecule has 0 amide bonds. The zero-order chi connectivity index (χ0) is 29.8. The molecule has 0 unspecified atom stereocenters. The van der Waals surface area contributed by atoms with E-state index in [2.05, 4.69) is 39.8 Å². The first-order valence-corrected chi connectivity index (χ1v) is 15.3. The minimum absolute atomic E-state index is 0.288. The number of hydrogen-bond donors (Lipinski definition) is 1. The maximum Gasteiger partial charge on any atom is 0.335 e. The van der Waals surface area contributed by atoms with Gasteiger partial charge in [-0.05, 0) is 92.2 Å². The highest BCUT2D eigenvalue weighted by Crippen LogP contribution is 2.28. The number of carboxylic acid groups (broad SMARTS) is 1. The molecule has 4 aromatic rings. The van der Waals surface area contributed by atoms with Gasteiger partial charge in [-0.25, -0.2) is 9.78 Å². The number of fused-ring (bicyclic) bond motifs is 1. The minimum atomic E-state index is -0.921. The molecule has 9 heteroatoms. The third-order valence-corrected chi connectivity index (χ3v) is 8.82. The molecule has 6 rings (SSSR count). The summed E-state index contributed by atoms with van der Waals surface area (Å²) in [7, 11) is 0. The summed E-state index contributed by atoms with van der Waals surface area (Å²) in [5.74, 6) is 1.63. The van der Waals surface area contributed by atoms with Crippen LogP contribution in [0.2, 0.25) is 5.02 Å². The van der Waals surface area contributed by atoms with Crippen LogP contribution in [0.1, 0.15) is 52.1 Å². The summed E-state index contributed by atoms with van der Waals surface area (Å²) in [5, 5.41) is 19.5. The second-order valence-electron chi connectivity index (χ2n) is 11.7. The van der Waals surface area contributed by atoms with Gasteiger partial charge in [0.15, 0.2) is 0 Å². The third kappa shape index (κ3) is 7.02. The van der Waals surface area contributed by atoms with E-state index in [1.54, 1.807) is 30.3 Å². The van der Waals surface area contributed by atoms with E-state index in [9.17, 15) is 15.2 Å². The number of nitrogens with zero attached hydrogens (tertiary/aromatic N) is 4. The summed E-state index contributed by atoms with van der Waals surface area (Å²) in [4.78, 5) is 19.1. The van der Waals surface area contributed by atoms with Gasteiger partial charge in [0.1, 0.15) is 24.3 Å². The molecule has 0 aliphatic carbocycles. The fourth-order valence-electron chi connectivity index (χ4n) is 6.22. The average molecular weight is 599 g/mol. The summed E-state index contributed by atoms with van der Waals surface area (Å²) >= 11 is 6.01. The zero-order valence-electron chi connectivity index (χ0n) is 24.0. The Morgan fingerprint density at radius 2 is 1.91 bits per heavy atom. The van der Waals surface area contributed by atoms with Crippen LogP contribution in [-0.2, 0) is 30.9 Å². The van der Waals surface area contributed by atoms with Gasteiger partial charge in [0.25, 0.3) is 0 Å². The maximum atomic E-state index is 11.7. The van der Waals surface area contributed by atoms with Crippen molar-refractivity contribution in [2.24, 2.45) is 11.8 Å². The monoisotopic (exact) mass is 598 g/mol. The van der Waals surface area contributed by atoms with E-state index in [-0.39, 0.29) is 5.56 Å². The molecular formula is C34H35ClN4O4. The summed E-state index contributed by atoms with van der Waals surface area (Å²) in [6.07, 6.45) is 4.25. The molecule has 3 aromatic carbocycles. The molecule has 3 heterocycles. The van der Waals surface area contributed by atoms with Gasteiger partial charge in [0.2, 0.25) is 0 Å². The fourth-order valence-corrected chi connectivity index (χ4v) is 6.39. The van der Waals surface area contributed by atoms with E-state index in [0.29, 0.717) is 34.8 Å². The van der Waals surface area contributed by atoms with Gasteiger partial charge in [-0.15, -0.1) is 0 Å². The number of likely N-dealkylation sites (tertiary alicyclic amines) is 1. The zero-order valence-corrected chi connectivity index (χ0v) is 24.8. The van der Waals surface area contributed by atoms with Crippen LogP contribution in [0.15, 0.2) is 60.7 Å². The Morgan fingerprint density at radius 3 is 2.67 bits per heavy atom. The van der Waals surface area contributed by atoms with Crippen LogP contribution >= 0.6 is 11.6 Å². The molecule has 2 aliphatic rings. The van der Waals surface area contributed by atoms with Crippen molar-refractivity contribution in [3.8, 4) is 11.8 Å². The molecule has 2 aliphatic heterocycles. The number of nitriles is 1. The Kier molecular flexibility index (Phi) is 8.94. The lowest BCUT2D eigenvalue weighted by molar-refractivity contribution is 0.0697. The van der Waals surface area contributed by atoms with E-state index in [0.717, 1.165) is 87.5 Å². The minimum Gasteiger partial charge on any atom is -0.488 e. The van der Waals surface area contributed by atoms with Crippen LogP contribution in [0.3, 0.4) is 0 Å². The normalized spacial score (nSPS) is 17.7. The van der Waals surface area contributed by atoms with Gasteiger partial charge in [-0.1, -0.05) is 35.9 Å². The Bertz CT molecular complexity index is 1650. The SMILES string of the molecule is N#Cc1cc(Cl)ccc1OCc1cccc(CC2CCN(Cc3nc4ccc(C(=O)O)cc4n3C[C@H]3CCOC3)CC2)c1. The van der Waals surface area contributed by atoms with Crippen molar-refractivity contribution < 1.29 is 19.4 Å². The Morgan fingerprint density at radius 1 is 1.07 bits per heavy atom. The number of hydrogen-bond acceptors (Lipinski definition) is 6. The Hall–Kier alpha value is -3.90. The first-order valence-electron chi connectivity index (χ1n) is 14.9. The third-order valence-electron chi connectivity index (χ3n) is 8.58. The number of carboxylic acids is 1. The van der Waals surface area contributed by atoms with Gasteiger partial charge in [-0.3, -0.25) is 4.90 Å². The molecule has 2 fully saturated rings. The van der Waals surface area contributed by atoms with Crippen LogP contribution in [0.5, 0.6) is 5.75 Å². The van der Waals surface area contributed by atoms with Crippen LogP contribution in [-0.4, -0.2) is 51.8 Å². The molecule has 2 saturated heterocycles. The lowest BCUT2D eigenvalue weighted by atomic mass is 9.89. The summed E-state index contributed by atoms with van der Waals surface area (Å²) in [6, 6.07) is 21.0. The molecule has 0 saturated carbocycles. The number of halogens is 1. The van der Waals surface area contributed by atoms with Gasteiger partial charge < -0.3 is 19.1 Å². The summed E-state index contributed by atoms with van der Waals surface area (Å²) in [6.45, 7) is 5.44. The second-order valence-corrected chi connectivity index (χ2v) is 12.1. The lowest BCUT2D eigenvalue weighted by Gasteiger charge is -2.32. The highest BCUT2D eigenvalue weighted by molar-refractivity contribution is 6.30. The Labute approximate surface area is 256 Å². The largest absolute Gasteiger partial charge is 0.488 e. The molecule has 0 spiro atoms. The van der Waals surface area contributed by atoms with Gasteiger partial charge >= 0.3 is 5.97 Å². The number of rotatable bonds is 10. The maximum absolute atomic E-state index is 11.7. The molecule has 222 valence electrons. The number of piperidine rings is 1. The summed E-state index contributed by atoms with van der Waals surface area (Å²) in [5.41, 5.74) is 4.83. The number of ether oxygens (including phenoxy) is 2. The van der Waals surface area contributed by atoms with Crippen molar-refractivity contribution in [3.05, 3.63) is 93.8 Å². The van der Waals surface area contributed by atoms with Crippen molar-refractivity contribution in [1.82, 2.24) is 14.5 Å². The van der Waals surface area contributed by atoms with Crippen LogP contribution in [0.25, 0.3) is 11.0 Å². The predicted octanol–water partition coefficient (Wildman–Crippen LogP) is 6.33. The van der Waals surface area contributed by atoms with Crippen LogP contribution in [0.4, 0.5) is 0 Å². The van der Waals surface area contributed by atoms with Crippen molar-refractivity contribution in [2.75, 3.05) is 26.3 Å². The number of benzene rings is 3. The van der Waals surface area contributed by atoms with Crippen LogP contribution in [0, 0.1) is 23.2 Å². The molecular weight excluding hydrogens is 564 g/mol. The van der Waals surface area contributed by atoms with E-state index in [1.807, 2.05) is 6.07 Å². The topological polar surface area (TPSA) is 101 Å². The molecule has 1 N–H and O–H groups in total. The second kappa shape index (κ2) is 13.2. The average Bonchev–Trinajstić information content (AvgIpc) is 3.65. The van der Waals surface area contributed by atoms with Crippen molar-refractivity contribution in [1.29, 1.82) is 5.26 Å².